The molecule has 3 rings (SSSR count). The van der Waals surface area contributed by atoms with E-state index >= 15 is 0 Å². The maximum absolute atomic E-state index is 11.5. The molecule has 2 N–H and O–H groups in total. The zero-order valence-electron chi connectivity index (χ0n) is 10.6. The van der Waals surface area contributed by atoms with Gasteiger partial charge in [-0.05, 0) is 37.5 Å². The summed E-state index contributed by atoms with van der Waals surface area (Å²) in [5.74, 6) is -0.416. The maximum Gasteiger partial charge on any atom is 0.314 e. The topological polar surface area (TPSA) is 75.6 Å². The van der Waals surface area contributed by atoms with Gasteiger partial charge in [-0.2, -0.15) is 0 Å². The summed E-state index contributed by atoms with van der Waals surface area (Å²) in [6, 6.07) is 5.24. The second kappa shape index (κ2) is 3.98. The van der Waals surface area contributed by atoms with Gasteiger partial charge < -0.3 is 15.2 Å². The first-order valence-electron chi connectivity index (χ1n) is 6.38. The molecule has 1 fully saturated rings. The molecule has 5 nitrogen and oxygen atoms in total. The molecule has 1 aliphatic carbocycles. The van der Waals surface area contributed by atoms with Crippen molar-refractivity contribution in [3.63, 3.8) is 0 Å². The summed E-state index contributed by atoms with van der Waals surface area (Å²) in [5.41, 5.74) is 0.586. The lowest BCUT2D eigenvalue weighted by Crippen LogP contribution is -2.42. The maximum atomic E-state index is 11.5. The van der Waals surface area contributed by atoms with Gasteiger partial charge in [0, 0.05) is 0 Å². The minimum absolute atomic E-state index is 0.183. The highest BCUT2D eigenvalue weighted by atomic mass is 16.5. The third kappa shape index (κ3) is 1.69. The number of benzene rings is 1. The molecule has 19 heavy (non-hydrogen) atoms. The zero-order chi connectivity index (χ0) is 13.6. The van der Waals surface area contributed by atoms with Gasteiger partial charge in [0.25, 0.3) is 5.91 Å². The van der Waals surface area contributed by atoms with Crippen LogP contribution in [0.15, 0.2) is 18.2 Å². The van der Waals surface area contributed by atoms with Crippen molar-refractivity contribution in [3.8, 4) is 5.75 Å². The van der Waals surface area contributed by atoms with Crippen LogP contribution in [0.2, 0.25) is 0 Å². The normalized spacial score (nSPS) is 23.6. The summed E-state index contributed by atoms with van der Waals surface area (Å²) in [6.07, 6.45) is 1.69. The average molecular weight is 261 g/mol. The Balaban J connectivity index is 2.00. The van der Waals surface area contributed by atoms with Gasteiger partial charge in [0.15, 0.2) is 6.10 Å². The van der Waals surface area contributed by atoms with Crippen molar-refractivity contribution in [1.82, 2.24) is 0 Å². The SMILES string of the molecule is CC1Oc2cc(C3(C(=O)O)CCC3)ccc2NC1=O. The Morgan fingerprint density at radius 3 is 2.79 bits per heavy atom. The lowest BCUT2D eigenvalue weighted by atomic mass is 9.64. The average Bonchev–Trinajstić information content (AvgIpc) is 2.29. The number of ether oxygens (including phenoxy) is 1. The molecule has 1 unspecified atom stereocenters. The van der Waals surface area contributed by atoms with E-state index in [-0.39, 0.29) is 5.91 Å². The largest absolute Gasteiger partial charge is 0.481 e. The lowest BCUT2D eigenvalue weighted by molar-refractivity contribution is -0.147. The highest BCUT2D eigenvalue weighted by Crippen LogP contribution is 2.46. The van der Waals surface area contributed by atoms with Crippen LogP contribution in [-0.4, -0.2) is 23.1 Å². The van der Waals surface area contributed by atoms with Crippen LogP contribution in [0.4, 0.5) is 5.69 Å². The van der Waals surface area contributed by atoms with Crippen molar-refractivity contribution >= 4 is 17.6 Å². The number of aliphatic carboxylic acids is 1. The number of nitrogens with one attached hydrogen (secondary N) is 1. The number of hydrogen-bond acceptors (Lipinski definition) is 3. The summed E-state index contributed by atoms with van der Waals surface area (Å²) in [7, 11) is 0. The molecule has 1 aromatic rings. The van der Waals surface area contributed by atoms with Gasteiger partial charge >= 0.3 is 5.97 Å². The van der Waals surface area contributed by atoms with Crippen LogP contribution < -0.4 is 10.1 Å². The monoisotopic (exact) mass is 261 g/mol. The third-order valence-corrected chi connectivity index (χ3v) is 4.08. The summed E-state index contributed by atoms with van der Waals surface area (Å²) < 4.78 is 5.52. The molecule has 0 aromatic heterocycles. The first-order valence-corrected chi connectivity index (χ1v) is 6.38. The smallest absolute Gasteiger partial charge is 0.314 e. The summed E-state index contributed by atoms with van der Waals surface area (Å²) >= 11 is 0. The lowest BCUT2D eigenvalue weighted by Gasteiger charge is -2.38. The number of carbonyl (C=O) groups is 2. The molecule has 100 valence electrons. The second-order valence-electron chi connectivity index (χ2n) is 5.20. The van der Waals surface area contributed by atoms with Gasteiger partial charge in [0.05, 0.1) is 11.1 Å². The second-order valence-corrected chi connectivity index (χ2v) is 5.20. The predicted octanol–water partition coefficient (Wildman–Crippen LogP) is 1.91. The number of rotatable bonds is 2. The quantitative estimate of drug-likeness (QED) is 0.852. The van der Waals surface area contributed by atoms with Gasteiger partial charge in [-0.3, -0.25) is 9.59 Å². The molecule has 1 aliphatic heterocycles. The van der Waals surface area contributed by atoms with Gasteiger partial charge in [-0.1, -0.05) is 12.5 Å². The van der Waals surface area contributed by atoms with E-state index in [1.165, 1.54) is 0 Å². The van der Waals surface area contributed by atoms with Gasteiger partial charge in [-0.15, -0.1) is 0 Å². The van der Waals surface area contributed by atoms with Crippen molar-refractivity contribution in [2.24, 2.45) is 0 Å². The fourth-order valence-corrected chi connectivity index (χ4v) is 2.66. The van der Waals surface area contributed by atoms with Gasteiger partial charge in [0.2, 0.25) is 0 Å². The standard InChI is InChI=1S/C14H15NO4/c1-8-12(16)15-10-4-3-9(7-11(10)19-8)14(13(17)18)5-2-6-14/h3-4,7-8H,2,5-6H2,1H3,(H,15,16)(H,17,18). The third-order valence-electron chi connectivity index (χ3n) is 4.08. The Bertz CT molecular complexity index is 563. The molecule has 1 atom stereocenters. The van der Waals surface area contributed by atoms with Gasteiger partial charge in [0.1, 0.15) is 5.75 Å². The van der Waals surface area contributed by atoms with E-state index in [0.29, 0.717) is 24.3 Å². The fourth-order valence-electron chi connectivity index (χ4n) is 2.66. The van der Waals surface area contributed by atoms with Gasteiger partial charge in [-0.25, -0.2) is 0 Å². The minimum Gasteiger partial charge on any atom is -0.481 e. The molecule has 1 aromatic carbocycles. The van der Waals surface area contributed by atoms with E-state index < -0.39 is 17.5 Å². The van der Waals surface area contributed by atoms with E-state index in [9.17, 15) is 14.7 Å². The highest BCUT2D eigenvalue weighted by molar-refractivity contribution is 5.97. The number of hydrogen-bond donors (Lipinski definition) is 2. The van der Waals surface area contributed by atoms with E-state index in [0.717, 1.165) is 12.0 Å². The van der Waals surface area contributed by atoms with Crippen molar-refractivity contribution in [1.29, 1.82) is 0 Å². The van der Waals surface area contributed by atoms with Crippen molar-refractivity contribution in [3.05, 3.63) is 23.8 Å². The molecule has 5 heteroatoms. The van der Waals surface area contributed by atoms with Crippen molar-refractivity contribution in [2.45, 2.75) is 37.7 Å². The molecule has 1 saturated carbocycles. The molecule has 1 heterocycles. The fraction of sp³-hybridized carbons (Fsp3) is 0.429. The van der Waals surface area contributed by atoms with Crippen LogP contribution in [0, 0.1) is 0 Å². The van der Waals surface area contributed by atoms with Crippen LogP contribution in [0.25, 0.3) is 0 Å². The summed E-state index contributed by atoms with van der Waals surface area (Å²) in [6.45, 7) is 1.67. The summed E-state index contributed by atoms with van der Waals surface area (Å²) in [4.78, 5) is 23.0. The van der Waals surface area contributed by atoms with Crippen LogP contribution in [0.5, 0.6) is 5.75 Å². The summed E-state index contributed by atoms with van der Waals surface area (Å²) in [5, 5.41) is 12.2. The van der Waals surface area contributed by atoms with E-state index in [4.69, 9.17) is 4.74 Å². The van der Waals surface area contributed by atoms with E-state index in [1.54, 1.807) is 25.1 Å². The van der Waals surface area contributed by atoms with E-state index in [1.807, 2.05) is 0 Å². The predicted molar refractivity (Wildman–Crippen MR) is 68.3 cm³/mol. The Labute approximate surface area is 110 Å². The molecular weight excluding hydrogens is 246 g/mol. The number of fused-ring (bicyclic) bond motifs is 1. The zero-order valence-corrected chi connectivity index (χ0v) is 10.6. The molecule has 0 bridgehead atoms. The molecule has 2 aliphatic rings. The number of carboxylic acids is 1. The number of carboxylic acid groups (broad SMARTS) is 1. The van der Waals surface area contributed by atoms with Crippen LogP contribution in [-0.2, 0) is 15.0 Å². The Morgan fingerprint density at radius 1 is 1.47 bits per heavy atom. The van der Waals surface area contributed by atoms with Crippen LogP contribution >= 0.6 is 0 Å². The minimum atomic E-state index is -0.786. The number of anilines is 1. The first-order chi connectivity index (χ1) is 9.03. The molecule has 1 amide bonds. The van der Waals surface area contributed by atoms with Crippen LogP contribution in [0.3, 0.4) is 0 Å². The van der Waals surface area contributed by atoms with Crippen LogP contribution in [0.1, 0.15) is 31.7 Å². The van der Waals surface area contributed by atoms with E-state index in [2.05, 4.69) is 5.32 Å². The Kier molecular flexibility index (Phi) is 2.52. The molecular formula is C14H15NO4. The Hall–Kier alpha value is -2.04. The first kappa shape index (κ1) is 12.0. The molecule has 0 spiro atoms. The van der Waals surface area contributed by atoms with Crippen molar-refractivity contribution in [2.75, 3.05) is 5.32 Å². The molecule has 0 saturated heterocycles. The van der Waals surface area contributed by atoms with Crippen molar-refractivity contribution < 1.29 is 19.4 Å². The number of amides is 1. The Morgan fingerprint density at radius 2 is 2.21 bits per heavy atom. The highest BCUT2D eigenvalue weighted by Gasteiger charge is 2.46. The number of carbonyl (C=O) groups excluding carboxylic acids is 1. The molecule has 0 radical (unpaired) electrons.